The van der Waals surface area contributed by atoms with Gasteiger partial charge in [0.25, 0.3) is 0 Å². The second-order valence-corrected chi connectivity index (χ2v) is 5.26. The first kappa shape index (κ1) is 11.9. The fourth-order valence-electron chi connectivity index (χ4n) is 2.38. The lowest BCUT2D eigenvalue weighted by atomic mass is 9.92. The molecule has 1 aliphatic rings. The van der Waals surface area contributed by atoms with Crippen LogP contribution in [0.3, 0.4) is 0 Å². The summed E-state index contributed by atoms with van der Waals surface area (Å²) < 4.78 is 0. The lowest BCUT2D eigenvalue weighted by molar-refractivity contribution is 0.529. The third-order valence-electron chi connectivity index (χ3n) is 3.25. The smallest absolute Gasteiger partial charge is 0.0365 e. The molecule has 0 amide bonds. The second-order valence-electron chi connectivity index (χ2n) is 4.48. The summed E-state index contributed by atoms with van der Waals surface area (Å²) >= 11 is 1.80. The first-order valence-corrected chi connectivity index (χ1v) is 7.28. The van der Waals surface area contributed by atoms with E-state index in [1.165, 1.54) is 37.7 Å². The standard InChI is InChI=1S/C14H21NS/c1-2-15-14(13-8-9-16-11-13)10-12-6-4-3-5-7-12/h6,8-9,11,14-15H,2-5,7,10H2,1H3. The molecule has 2 heteroatoms. The first-order chi connectivity index (χ1) is 7.90. The molecule has 0 fully saturated rings. The van der Waals surface area contributed by atoms with Gasteiger partial charge in [-0.25, -0.2) is 0 Å². The summed E-state index contributed by atoms with van der Waals surface area (Å²) in [6.45, 7) is 3.24. The molecule has 1 aromatic heterocycles. The average molecular weight is 235 g/mol. The number of hydrogen-bond acceptors (Lipinski definition) is 2. The highest BCUT2D eigenvalue weighted by molar-refractivity contribution is 7.07. The van der Waals surface area contributed by atoms with Crippen molar-refractivity contribution in [1.82, 2.24) is 5.32 Å². The minimum absolute atomic E-state index is 0.528. The maximum Gasteiger partial charge on any atom is 0.0365 e. The quantitative estimate of drug-likeness (QED) is 0.751. The van der Waals surface area contributed by atoms with Crippen molar-refractivity contribution in [3.63, 3.8) is 0 Å². The molecule has 2 rings (SSSR count). The normalized spacial score (nSPS) is 18.2. The molecule has 1 nitrogen and oxygen atoms in total. The van der Waals surface area contributed by atoms with Crippen molar-refractivity contribution in [2.75, 3.05) is 6.54 Å². The van der Waals surface area contributed by atoms with Crippen molar-refractivity contribution in [1.29, 1.82) is 0 Å². The van der Waals surface area contributed by atoms with Crippen LogP contribution in [0.15, 0.2) is 28.5 Å². The Hall–Kier alpha value is -0.600. The van der Waals surface area contributed by atoms with Gasteiger partial charge in [0.1, 0.15) is 0 Å². The zero-order valence-corrected chi connectivity index (χ0v) is 10.9. The summed E-state index contributed by atoms with van der Waals surface area (Å²) in [5, 5.41) is 8.05. The highest BCUT2D eigenvalue weighted by Crippen LogP contribution is 2.28. The Bertz CT molecular complexity index is 327. The zero-order chi connectivity index (χ0) is 11.2. The second kappa shape index (κ2) is 6.21. The Morgan fingerprint density at radius 1 is 1.44 bits per heavy atom. The highest BCUT2D eigenvalue weighted by atomic mass is 32.1. The molecular formula is C14H21NS. The minimum Gasteiger partial charge on any atom is -0.310 e. The summed E-state index contributed by atoms with van der Waals surface area (Å²) in [7, 11) is 0. The summed E-state index contributed by atoms with van der Waals surface area (Å²) in [6.07, 6.45) is 9.02. The van der Waals surface area contributed by atoms with Crippen molar-refractivity contribution in [2.45, 2.75) is 45.1 Å². The SMILES string of the molecule is CCNC(CC1=CCCCC1)c1ccsc1. The first-order valence-electron chi connectivity index (χ1n) is 6.33. The minimum atomic E-state index is 0.528. The predicted octanol–water partition coefficient (Wildman–Crippen LogP) is 4.29. The molecule has 0 spiro atoms. The third-order valence-corrected chi connectivity index (χ3v) is 3.95. The fourth-order valence-corrected chi connectivity index (χ4v) is 3.09. The number of allylic oxidation sites excluding steroid dienone is 1. The molecule has 0 aliphatic heterocycles. The van der Waals surface area contributed by atoms with Gasteiger partial charge in [-0.05, 0) is 61.0 Å². The maximum absolute atomic E-state index is 3.60. The molecule has 1 heterocycles. The van der Waals surface area contributed by atoms with Crippen molar-refractivity contribution in [2.24, 2.45) is 0 Å². The van der Waals surface area contributed by atoms with E-state index in [9.17, 15) is 0 Å². The van der Waals surface area contributed by atoms with Gasteiger partial charge in [-0.1, -0.05) is 18.6 Å². The van der Waals surface area contributed by atoms with Gasteiger partial charge in [-0.2, -0.15) is 11.3 Å². The van der Waals surface area contributed by atoms with Crippen LogP contribution in [0.2, 0.25) is 0 Å². The number of hydrogen-bond donors (Lipinski definition) is 1. The Kier molecular flexibility index (Phi) is 4.61. The van der Waals surface area contributed by atoms with Gasteiger partial charge < -0.3 is 5.32 Å². The Balaban J connectivity index is 1.99. The van der Waals surface area contributed by atoms with Crippen LogP contribution in [-0.2, 0) is 0 Å². The molecule has 1 unspecified atom stereocenters. The molecule has 1 aliphatic carbocycles. The van der Waals surface area contributed by atoms with Crippen LogP contribution in [-0.4, -0.2) is 6.54 Å². The molecule has 88 valence electrons. The van der Waals surface area contributed by atoms with Crippen LogP contribution in [0, 0.1) is 0 Å². The third kappa shape index (κ3) is 3.19. The van der Waals surface area contributed by atoms with Gasteiger partial charge in [0.05, 0.1) is 0 Å². The van der Waals surface area contributed by atoms with Crippen LogP contribution in [0.1, 0.15) is 50.6 Å². The maximum atomic E-state index is 3.60. The molecule has 0 aromatic carbocycles. The molecule has 16 heavy (non-hydrogen) atoms. The molecule has 0 bridgehead atoms. The van der Waals surface area contributed by atoms with Gasteiger partial charge in [0.2, 0.25) is 0 Å². The van der Waals surface area contributed by atoms with E-state index in [0.29, 0.717) is 6.04 Å². The topological polar surface area (TPSA) is 12.0 Å². The summed E-state index contributed by atoms with van der Waals surface area (Å²) in [5.41, 5.74) is 3.11. The fraction of sp³-hybridized carbons (Fsp3) is 0.571. The van der Waals surface area contributed by atoms with Crippen LogP contribution in [0.5, 0.6) is 0 Å². The van der Waals surface area contributed by atoms with Crippen LogP contribution >= 0.6 is 11.3 Å². The van der Waals surface area contributed by atoms with E-state index in [4.69, 9.17) is 0 Å². The zero-order valence-electron chi connectivity index (χ0n) is 10.0. The van der Waals surface area contributed by atoms with Crippen molar-refractivity contribution in [3.8, 4) is 0 Å². The molecule has 1 aromatic rings. The van der Waals surface area contributed by atoms with Gasteiger partial charge in [-0.3, -0.25) is 0 Å². The monoisotopic (exact) mass is 235 g/mol. The van der Waals surface area contributed by atoms with Gasteiger partial charge >= 0.3 is 0 Å². The van der Waals surface area contributed by atoms with E-state index in [1.54, 1.807) is 16.9 Å². The number of thiophene rings is 1. The van der Waals surface area contributed by atoms with Crippen LogP contribution in [0.4, 0.5) is 0 Å². The summed E-state index contributed by atoms with van der Waals surface area (Å²) in [4.78, 5) is 0. The van der Waals surface area contributed by atoms with Crippen molar-refractivity contribution in [3.05, 3.63) is 34.0 Å². The van der Waals surface area contributed by atoms with E-state index < -0.39 is 0 Å². The Labute approximate surface area is 103 Å². The van der Waals surface area contributed by atoms with E-state index in [1.807, 2.05) is 0 Å². The van der Waals surface area contributed by atoms with E-state index in [2.05, 4.69) is 35.1 Å². The number of nitrogens with one attached hydrogen (secondary N) is 1. The van der Waals surface area contributed by atoms with Crippen LogP contribution in [0.25, 0.3) is 0 Å². The Morgan fingerprint density at radius 2 is 2.38 bits per heavy atom. The predicted molar refractivity (Wildman–Crippen MR) is 71.9 cm³/mol. The molecule has 0 radical (unpaired) electrons. The largest absolute Gasteiger partial charge is 0.310 e. The van der Waals surface area contributed by atoms with E-state index >= 15 is 0 Å². The molecule has 0 saturated heterocycles. The van der Waals surface area contributed by atoms with E-state index in [0.717, 1.165) is 6.54 Å². The van der Waals surface area contributed by atoms with Crippen molar-refractivity contribution >= 4 is 11.3 Å². The summed E-state index contributed by atoms with van der Waals surface area (Å²) in [6, 6.07) is 2.78. The van der Waals surface area contributed by atoms with Gasteiger partial charge in [-0.15, -0.1) is 0 Å². The lowest BCUT2D eigenvalue weighted by Gasteiger charge is -2.21. The molecular weight excluding hydrogens is 214 g/mol. The Morgan fingerprint density at radius 3 is 3.00 bits per heavy atom. The summed E-state index contributed by atoms with van der Waals surface area (Å²) in [5.74, 6) is 0. The van der Waals surface area contributed by atoms with Crippen molar-refractivity contribution < 1.29 is 0 Å². The number of rotatable bonds is 5. The van der Waals surface area contributed by atoms with Crippen LogP contribution < -0.4 is 5.32 Å². The molecule has 0 saturated carbocycles. The van der Waals surface area contributed by atoms with Gasteiger partial charge in [0.15, 0.2) is 0 Å². The lowest BCUT2D eigenvalue weighted by Crippen LogP contribution is -2.21. The molecule has 1 atom stereocenters. The van der Waals surface area contributed by atoms with E-state index in [-0.39, 0.29) is 0 Å². The molecule has 1 N–H and O–H groups in total. The highest BCUT2D eigenvalue weighted by Gasteiger charge is 2.14. The van der Waals surface area contributed by atoms with Gasteiger partial charge in [0, 0.05) is 6.04 Å². The average Bonchev–Trinajstić information content (AvgIpc) is 2.83.